The van der Waals surface area contributed by atoms with Gasteiger partial charge >= 0.3 is 6.01 Å². The first-order chi connectivity index (χ1) is 8.60. The van der Waals surface area contributed by atoms with Crippen molar-refractivity contribution in [2.24, 2.45) is 0 Å². The number of carbonyl (C=O) groups excluding carboxylic acids is 1. The molecule has 1 amide bonds. The lowest BCUT2D eigenvalue weighted by Gasteiger charge is -2.06. The van der Waals surface area contributed by atoms with Gasteiger partial charge in [-0.2, -0.15) is 0 Å². The van der Waals surface area contributed by atoms with E-state index in [0.29, 0.717) is 22.9 Å². The summed E-state index contributed by atoms with van der Waals surface area (Å²) in [5.74, 6) is 0.432. The lowest BCUT2D eigenvalue weighted by Crippen LogP contribution is -2.12. The third-order valence-electron chi connectivity index (χ3n) is 2.24. The molecule has 2 rings (SSSR count). The van der Waals surface area contributed by atoms with Crippen LogP contribution >= 0.6 is 0 Å². The van der Waals surface area contributed by atoms with Gasteiger partial charge in [0, 0.05) is 12.5 Å². The Morgan fingerprint density at radius 3 is 2.83 bits per heavy atom. The molecule has 0 radical (unpaired) electrons. The van der Waals surface area contributed by atoms with Gasteiger partial charge < -0.3 is 14.9 Å². The molecule has 0 atom stereocenters. The smallest absolute Gasteiger partial charge is 0.322 e. The third-order valence-corrected chi connectivity index (χ3v) is 2.24. The summed E-state index contributed by atoms with van der Waals surface area (Å²) in [6.07, 6.45) is 0. The fourth-order valence-electron chi connectivity index (χ4n) is 1.37. The molecule has 7 nitrogen and oxygen atoms in total. The number of ether oxygens (including phenoxy) is 1. The van der Waals surface area contributed by atoms with Gasteiger partial charge in [0.25, 0.3) is 5.91 Å². The van der Waals surface area contributed by atoms with Gasteiger partial charge in [-0.05, 0) is 18.2 Å². The number of rotatable bonds is 3. The number of aryl methyl sites for hydroxylation is 1. The largest absolute Gasteiger partial charge is 0.495 e. The van der Waals surface area contributed by atoms with Crippen LogP contribution < -0.4 is 15.8 Å². The van der Waals surface area contributed by atoms with Crippen LogP contribution in [0, 0.1) is 6.92 Å². The van der Waals surface area contributed by atoms with Crippen molar-refractivity contribution in [3.05, 3.63) is 29.7 Å². The van der Waals surface area contributed by atoms with Crippen LogP contribution in [-0.4, -0.2) is 23.2 Å². The lowest BCUT2D eigenvalue weighted by molar-refractivity contribution is 0.102. The minimum absolute atomic E-state index is 0.0493. The SMILES string of the molecule is COc1cc(C(=O)Nc2nnc(C)o2)ccc1N. The van der Waals surface area contributed by atoms with Gasteiger partial charge in [0.1, 0.15) is 5.75 Å². The molecule has 1 aromatic carbocycles. The van der Waals surface area contributed by atoms with Crippen molar-refractivity contribution in [2.45, 2.75) is 6.92 Å². The predicted octanol–water partition coefficient (Wildman–Crippen LogP) is 1.22. The van der Waals surface area contributed by atoms with E-state index in [4.69, 9.17) is 14.9 Å². The van der Waals surface area contributed by atoms with Crippen LogP contribution in [0.25, 0.3) is 0 Å². The highest BCUT2D eigenvalue weighted by atomic mass is 16.5. The van der Waals surface area contributed by atoms with Crippen LogP contribution in [0.4, 0.5) is 11.7 Å². The second kappa shape index (κ2) is 4.74. The number of hydrogen-bond donors (Lipinski definition) is 2. The van der Waals surface area contributed by atoms with Gasteiger partial charge in [0.05, 0.1) is 12.8 Å². The normalized spacial score (nSPS) is 10.1. The highest BCUT2D eigenvalue weighted by Gasteiger charge is 2.12. The maximum Gasteiger partial charge on any atom is 0.322 e. The number of anilines is 2. The Kier molecular flexibility index (Phi) is 3.13. The molecule has 18 heavy (non-hydrogen) atoms. The highest BCUT2D eigenvalue weighted by Crippen LogP contribution is 2.22. The van der Waals surface area contributed by atoms with Gasteiger partial charge in [-0.3, -0.25) is 10.1 Å². The average Bonchev–Trinajstić information content (AvgIpc) is 2.75. The Morgan fingerprint density at radius 2 is 2.22 bits per heavy atom. The minimum Gasteiger partial charge on any atom is -0.495 e. The summed E-state index contributed by atoms with van der Waals surface area (Å²) in [5.41, 5.74) is 6.51. The molecule has 0 saturated carbocycles. The first kappa shape index (κ1) is 11.9. The molecule has 0 spiro atoms. The van der Waals surface area contributed by atoms with Gasteiger partial charge in [-0.15, -0.1) is 5.10 Å². The quantitative estimate of drug-likeness (QED) is 0.791. The van der Waals surface area contributed by atoms with E-state index in [1.54, 1.807) is 19.1 Å². The molecule has 0 unspecified atom stereocenters. The second-order valence-corrected chi connectivity index (χ2v) is 3.54. The minimum atomic E-state index is -0.378. The van der Waals surface area contributed by atoms with Crippen LogP contribution in [0.5, 0.6) is 5.75 Å². The Balaban J connectivity index is 2.18. The molecule has 0 saturated heterocycles. The van der Waals surface area contributed by atoms with Crippen molar-refractivity contribution in [3.63, 3.8) is 0 Å². The van der Waals surface area contributed by atoms with Crippen molar-refractivity contribution < 1.29 is 13.9 Å². The van der Waals surface area contributed by atoms with Crippen LogP contribution in [-0.2, 0) is 0 Å². The molecular weight excluding hydrogens is 236 g/mol. The number of nitrogen functional groups attached to an aromatic ring is 1. The number of carbonyl (C=O) groups is 1. The van der Waals surface area contributed by atoms with Crippen molar-refractivity contribution >= 4 is 17.6 Å². The molecule has 7 heteroatoms. The molecule has 0 bridgehead atoms. The van der Waals surface area contributed by atoms with E-state index in [0.717, 1.165) is 0 Å². The first-order valence-electron chi connectivity index (χ1n) is 5.15. The number of aromatic nitrogens is 2. The molecule has 0 aliphatic carbocycles. The summed E-state index contributed by atoms with van der Waals surface area (Å²) in [4.78, 5) is 11.9. The second-order valence-electron chi connectivity index (χ2n) is 3.54. The maximum atomic E-state index is 11.9. The number of nitrogens with two attached hydrogens (primary N) is 1. The van der Waals surface area contributed by atoms with Crippen LogP contribution in [0.3, 0.4) is 0 Å². The summed E-state index contributed by atoms with van der Waals surface area (Å²) < 4.78 is 10.1. The number of nitrogens with zero attached hydrogens (tertiary/aromatic N) is 2. The van der Waals surface area contributed by atoms with Crippen molar-refractivity contribution in [1.29, 1.82) is 0 Å². The standard InChI is InChI=1S/C11H12N4O3/c1-6-14-15-11(18-6)13-10(16)7-3-4-8(12)9(5-7)17-2/h3-5H,12H2,1-2H3,(H,13,15,16). The van der Waals surface area contributed by atoms with E-state index in [2.05, 4.69) is 15.5 Å². The monoisotopic (exact) mass is 248 g/mol. The Morgan fingerprint density at radius 1 is 1.44 bits per heavy atom. The van der Waals surface area contributed by atoms with Crippen molar-refractivity contribution in [2.75, 3.05) is 18.2 Å². The summed E-state index contributed by atoms with van der Waals surface area (Å²) in [7, 11) is 1.48. The maximum absolute atomic E-state index is 11.9. The fourth-order valence-corrected chi connectivity index (χ4v) is 1.37. The first-order valence-corrected chi connectivity index (χ1v) is 5.15. The van der Waals surface area contributed by atoms with Gasteiger partial charge in [-0.25, -0.2) is 0 Å². The van der Waals surface area contributed by atoms with E-state index in [9.17, 15) is 4.79 Å². The van der Waals surface area contributed by atoms with Crippen LogP contribution in [0.1, 0.15) is 16.2 Å². The molecule has 1 aromatic heterocycles. The molecule has 1 heterocycles. The summed E-state index contributed by atoms with van der Waals surface area (Å²) >= 11 is 0. The van der Waals surface area contributed by atoms with Gasteiger partial charge in [0.15, 0.2) is 0 Å². The molecule has 3 N–H and O–H groups in total. The van der Waals surface area contributed by atoms with Crippen molar-refractivity contribution in [3.8, 4) is 5.75 Å². The molecule has 0 aliphatic heterocycles. The van der Waals surface area contributed by atoms with Crippen LogP contribution in [0.2, 0.25) is 0 Å². The summed E-state index contributed by atoms with van der Waals surface area (Å²) in [5, 5.41) is 9.75. The fraction of sp³-hybridized carbons (Fsp3) is 0.182. The zero-order chi connectivity index (χ0) is 13.1. The van der Waals surface area contributed by atoms with E-state index in [1.165, 1.54) is 13.2 Å². The van der Waals surface area contributed by atoms with E-state index >= 15 is 0 Å². The Hall–Kier alpha value is -2.57. The van der Waals surface area contributed by atoms with E-state index in [-0.39, 0.29) is 11.9 Å². The van der Waals surface area contributed by atoms with Crippen molar-refractivity contribution in [1.82, 2.24) is 10.2 Å². The zero-order valence-corrected chi connectivity index (χ0v) is 9.93. The Bertz CT molecular complexity index is 579. The van der Waals surface area contributed by atoms with E-state index in [1.807, 2.05) is 0 Å². The predicted molar refractivity (Wildman–Crippen MR) is 64.4 cm³/mol. The average molecular weight is 248 g/mol. The molecule has 0 fully saturated rings. The van der Waals surface area contributed by atoms with E-state index < -0.39 is 0 Å². The Labute approximate surface area is 103 Å². The number of methoxy groups -OCH3 is 1. The number of hydrogen-bond acceptors (Lipinski definition) is 6. The molecular formula is C11H12N4O3. The third kappa shape index (κ3) is 2.40. The number of nitrogens with one attached hydrogen (secondary N) is 1. The molecule has 94 valence electrons. The van der Waals surface area contributed by atoms with Gasteiger partial charge in [0.2, 0.25) is 5.89 Å². The molecule has 0 aliphatic rings. The highest BCUT2D eigenvalue weighted by molar-refractivity contribution is 6.03. The number of amides is 1. The zero-order valence-electron chi connectivity index (χ0n) is 9.93. The lowest BCUT2D eigenvalue weighted by atomic mass is 10.2. The summed E-state index contributed by atoms with van der Waals surface area (Å²) in [6, 6.07) is 4.75. The molecule has 2 aromatic rings. The summed E-state index contributed by atoms with van der Waals surface area (Å²) in [6.45, 7) is 1.63. The topological polar surface area (TPSA) is 103 Å². The number of benzene rings is 1. The van der Waals surface area contributed by atoms with Crippen LogP contribution in [0.15, 0.2) is 22.6 Å². The van der Waals surface area contributed by atoms with Gasteiger partial charge in [-0.1, -0.05) is 5.10 Å².